The first kappa shape index (κ1) is 11.2. The lowest BCUT2D eigenvalue weighted by atomic mass is 10.2. The van der Waals surface area contributed by atoms with Gasteiger partial charge in [0.1, 0.15) is 5.69 Å². The van der Waals surface area contributed by atoms with E-state index in [9.17, 15) is 10.1 Å². The Bertz CT molecular complexity index is 425. The van der Waals surface area contributed by atoms with Crippen molar-refractivity contribution in [1.29, 1.82) is 0 Å². The first-order valence-electron chi connectivity index (χ1n) is 5.02. The fraction of sp³-hybridized carbons (Fsp3) is 0.400. The number of benzene rings is 1. The minimum atomic E-state index is -0.412. The van der Waals surface area contributed by atoms with Crippen molar-refractivity contribution >= 4 is 23.0 Å². The van der Waals surface area contributed by atoms with Gasteiger partial charge in [0.25, 0.3) is 5.69 Å². The second-order valence-corrected chi connectivity index (χ2v) is 4.32. The Kier molecular flexibility index (Phi) is 2.98. The average molecular weight is 242 g/mol. The normalized spacial score (nSPS) is 20.1. The van der Waals surface area contributed by atoms with Crippen LogP contribution in [0, 0.1) is 10.1 Å². The maximum absolute atomic E-state index is 10.9. The number of rotatable bonds is 2. The fourth-order valence-corrected chi connectivity index (χ4v) is 2.08. The van der Waals surface area contributed by atoms with Gasteiger partial charge in [0.2, 0.25) is 0 Å². The van der Waals surface area contributed by atoms with Crippen LogP contribution in [-0.4, -0.2) is 24.1 Å². The predicted octanol–water partition coefficient (Wildman–Crippen LogP) is 1.79. The molecule has 1 heterocycles. The van der Waals surface area contributed by atoms with Gasteiger partial charge >= 0.3 is 0 Å². The molecule has 0 aliphatic carbocycles. The Balaban J connectivity index is 2.36. The number of nitrogens with zero attached hydrogens (tertiary/aromatic N) is 2. The summed E-state index contributed by atoms with van der Waals surface area (Å²) in [5.74, 6) is 0. The van der Waals surface area contributed by atoms with Crippen molar-refractivity contribution in [2.75, 3.05) is 18.0 Å². The summed E-state index contributed by atoms with van der Waals surface area (Å²) in [6.45, 7) is 1.41. The summed E-state index contributed by atoms with van der Waals surface area (Å²) in [6.07, 6.45) is 0.861. The van der Waals surface area contributed by atoms with Crippen molar-refractivity contribution in [2.45, 2.75) is 12.5 Å². The second-order valence-electron chi connectivity index (χ2n) is 3.88. The molecule has 2 N–H and O–H groups in total. The van der Waals surface area contributed by atoms with E-state index in [0.717, 1.165) is 13.0 Å². The molecule has 1 atom stereocenters. The third-order valence-electron chi connectivity index (χ3n) is 2.70. The quantitative estimate of drug-likeness (QED) is 0.633. The summed E-state index contributed by atoms with van der Waals surface area (Å²) < 4.78 is 0. The van der Waals surface area contributed by atoms with E-state index in [1.54, 1.807) is 12.1 Å². The standard InChI is InChI=1S/C10H12ClN3O2/c11-7-1-2-9(10(5-7)14(15)16)13-4-3-8(12)6-13/h1-2,5,8H,3-4,6,12H2/t8-/m0/s1. The van der Waals surface area contributed by atoms with E-state index >= 15 is 0 Å². The lowest BCUT2D eigenvalue weighted by Crippen LogP contribution is -2.26. The molecular weight excluding hydrogens is 230 g/mol. The molecule has 6 heteroatoms. The Labute approximate surface area is 97.9 Å². The number of anilines is 1. The highest BCUT2D eigenvalue weighted by Gasteiger charge is 2.25. The summed E-state index contributed by atoms with van der Waals surface area (Å²) in [4.78, 5) is 12.4. The van der Waals surface area contributed by atoms with Crippen LogP contribution >= 0.6 is 11.6 Å². The van der Waals surface area contributed by atoms with Gasteiger partial charge in [-0.15, -0.1) is 0 Å². The molecule has 2 rings (SSSR count). The highest BCUT2D eigenvalue weighted by atomic mass is 35.5. The van der Waals surface area contributed by atoms with E-state index in [0.29, 0.717) is 17.3 Å². The molecule has 0 radical (unpaired) electrons. The summed E-state index contributed by atoms with van der Waals surface area (Å²) >= 11 is 5.75. The van der Waals surface area contributed by atoms with Crippen molar-refractivity contribution in [3.8, 4) is 0 Å². The molecule has 1 saturated heterocycles. The van der Waals surface area contributed by atoms with E-state index in [2.05, 4.69) is 0 Å². The molecule has 1 aliphatic rings. The van der Waals surface area contributed by atoms with Crippen LogP contribution < -0.4 is 10.6 Å². The smallest absolute Gasteiger partial charge is 0.294 e. The van der Waals surface area contributed by atoms with Gasteiger partial charge in [0.05, 0.1) is 4.92 Å². The lowest BCUT2D eigenvalue weighted by Gasteiger charge is -2.17. The summed E-state index contributed by atoms with van der Waals surface area (Å²) in [5, 5.41) is 11.3. The molecule has 0 spiro atoms. The highest BCUT2D eigenvalue weighted by molar-refractivity contribution is 6.30. The zero-order valence-corrected chi connectivity index (χ0v) is 9.35. The average Bonchev–Trinajstić information content (AvgIpc) is 2.64. The number of nitro groups is 1. The highest BCUT2D eigenvalue weighted by Crippen LogP contribution is 2.32. The molecule has 5 nitrogen and oxygen atoms in total. The molecule has 0 unspecified atom stereocenters. The monoisotopic (exact) mass is 241 g/mol. The van der Waals surface area contributed by atoms with Crippen LogP contribution in [0.4, 0.5) is 11.4 Å². The van der Waals surface area contributed by atoms with Gasteiger partial charge in [-0.3, -0.25) is 10.1 Å². The number of nitrogens with two attached hydrogens (primary N) is 1. The van der Waals surface area contributed by atoms with Crippen LogP contribution in [0.1, 0.15) is 6.42 Å². The first-order valence-corrected chi connectivity index (χ1v) is 5.40. The Morgan fingerprint density at radius 3 is 2.88 bits per heavy atom. The van der Waals surface area contributed by atoms with Gasteiger partial charge < -0.3 is 10.6 Å². The van der Waals surface area contributed by atoms with Crippen molar-refractivity contribution in [3.05, 3.63) is 33.3 Å². The number of hydrogen-bond donors (Lipinski definition) is 1. The number of hydrogen-bond acceptors (Lipinski definition) is 4. The number of halogens is 1. The molecule has 0 aromatic heterocycles. The van der Waals surface area contributed by atoms with Gasteiger partial charge in [-0.25, -0.2) is 0 Å². The number of nitro benzene ring substituents is 1. The summed E-state index contributed by atoms with van der Waals surface area (Å²) in [5.41, 5.74) is 6.42. The molecule has 0 saturated carbocycles. The first-order chi connectivity index (χ1) is 7.58. The van der Waals surface area contributed by atoms with Crippen LogP contribution in [0.5, 0.6) is 0 Å². The minimum Gasteiger partial charge on any atom is -0.364 e. The summed E-state index contributed by atoms with van der Waals surface area (Å²) in [7, 11) is 0. The van der Waals surface area contributed by atoms with E-state index < -0.39 is 4.92 Å². The van der Waals surface area contributed by atoms with Crippen molar-refractivity contribution in [1.82, 2.24) is 0 Å². The van der Waals surface area contributed by atoms with E-state index in [1.807, 2.05) is 4.90 Å². The van der Waals surface area contributed by atoms with Crippen molar-refractivity contribution < 1.29 is 4.92 Å². The molecule has 1 aromatic carbocycles. The van der Waals surface area contributed by atoms with E-state index in [-0.39, 0.29) is 11.7 Å². The van der Waals surface area contributed by atoms with Crippen LogP contribution in [0.3, 0.4) is 0 Å². The SMILES string of the molecule is N[C@H]1CCN(c2ccc(Cl)cc2[N+](=O)[O-])C1. The molecule has 16 heavy (non-hydrogen) atoms. The molecule has 1 fully saturated rings. The molecule has 1 aromatic rings. The van der Waals surface area contributed by atoms with Gasteiger partial charge in [0, 0.05) is 30.2 Å². The van der Waals surface area contributed by atoms with Gasteiger partial charge in [-0.2, -0.15) is 0 Å². The van der Waals surface area contributed by atoms with Crippen LogP contribution in [0.2, 0.25) is 5.02 Å². The van der Waals surface area contributed by atoms with E-state index in [4.69, 9.17) is 17.3 Å². The third-order valence-corrected chi connectivity index (χ3v) is 2.93. The van der Waals surface area contributed by atoms with Gasteiger partial charge in [-0.1, -0.05) is 11.6 Å². The van der Waals surface area contributed by atoms with Crippen molar-refractivity contribution in [3.63, 3.8) is 0 Å². The summed E-state index contributed by atoms with van der Waals surface area (Å²) in [6, 6.07) is 4.81. The Morgan fingerprint density at radius 1 is 1.56 bits per heavy atom. The molecule has 1 aliphatic heterocycles. The van der Waals surface area contributed by atoms with Gasteiger partial charge in [-0.05, 0) is 18.6 Å². The van der Waals surface area contributed by atoms with Crippen molar-refractivity contribution in [2.24, 2.45) is 5.73 Å². The van der Waals surface area contributed by atoms with Gasteiger partial charge in [0.15, 0.2) is 0 Å². The maximum Gasteiger partial charge on any atom is 0.294 e. The van der Waals surface area contributed by atoms with Crippen LogP contribution in [-0.2, 0) is 0 Å². The predicted molar refractivity (Wildman–Crippen MR) is 62.9 cm³/mol. The molecule has 0 amide bonds. The Hall–Kier alpha value is -1.33. The maximum atomic E-state index is 10.9. The third kappa shape index (κ3) is 2.10. The molecule has 0 bridgehead atoms. The second kappa shape index (κ2) is 4.27. The largest absolute Gasteiger partial charge is 0.364 e. The minimum absolute atomic E-state index is 0.0431. The fourth-order valence-electron chi connectivity index (χ4n) is 1.92. The van der Waals surface area contributed by atoms with Crippen LogP contribution in [0.25, 0.3) is 0 Å². The zero-order chi connectivity index (χ0) is 11.7. The van der Waals surface area contributed by atoms with Crippen LogP contribution in [0.15, 0.2) is 18.2 Å². The molecule has 86 valence electrons. The van der Waals surface area contributed by atoms with E-state index in [1.165, 1.54) is 6.07 Å². The molecular formula is C10H12ClN3O2. The lowest BCUT2D eigenvalue weighted by molar-refractivity contribution is -0.384. The Morgan fingerprint density at radius 2 is 2.31 bits per heavy atom. The zero-order valence-electron chi connectivity index (χ0n) is 8.60. The topological polar surface area (TPSA) is 72.4 Å².